The topological polar surface area (TPSA) is 50.4 Å². The maximum atomic E-state index is 12.8. The fraction of sp³-hybridized carbons (Fsp3) is 0.320. The highest BCUT2D eigenvalue weighted by Gasteiger charge is 2.30. The van der Waals surface area contributed by atoms with Gasteiger partial charge in [0, 0.05) is 17.0 Å². The lowest BCUT2D eigenvalue weighted by molar-refractivity contribution is -0.137. The quantitative estimate of drug-likeness (QED) is 0.528. The summed E-state index contributed by atoms with van der Waals surface area (Å²) in [6, 6.07) is 15.4. The van der Waals surface area contributed by atoms with Crippen molar-refractivity contribution in [2.75, 3.05) is 13.1 Å². The van der Waals surface area contributed by atoms with Crippen LogP contribution in [0.3, 0.4) is 0 Å². The van der Waals surface area contributed by atoms with E-state index in [1.807, 2.05) is 13.0 Å². The van der Waals surface area contributed by atoms with Crippen LogP contribution in [-0.4, -0.2) is 25.0 Å². The molecule has 0 radical (unpaired) electrons. The van der Waals surface area contributed by atoms with Gasteiger partial charge in [0.1, 0.15) is 11.5 Å². The normalized spacial score (nSPS) is 16.0. The summed E-state index contributed by atoms with van der Waals surface area (Å²) in [5.74, 6) is 1.16. The van der Waals surface area contributed by atoms with Crippen LogP contribution in [0.1, 0.15) is 35.7 Å². The lowest BCUT2D eigenvalue weighted by Gasteiger charge is -2.28. The Labute approximate surface area is 184 Å². The smallest absolute Gasteiger partial charge is 0.416 e. The summed E-state index contributed by atoms with van der Waals surface area (Å²) in [6.07, 6.45) is -2.30. The molecule has 0 spiro atoms. The Balaban J connectivity index is 1.50. The van der Waals surface area contributed by atoms with Crippen molar-refractivity contribution in [1.29, 1.82) is 0 Å². The highest BCUT2D eigenvalue weighted by Crippen LogP contribution is 2.33. The minimum absolute atomic E-state index is 0.0923. The molecule has 1 aliphatic rings. The Morgan fingerprint density at radius 2 is 1.78 bits per heavy atom. The number of hydrogen-bond acceptors (Lipinski definition) is 3. The predicted molar refractivity (Wildman–Crippen MR) is 118 cm³/mol. The zero-order chi connectivity index (χ0) is 22.7. The van der Waals surface area contributed by atoms with Crippen LogP contribution in [0, 0.1) is 5.92 Å². The van der Waals surface area contributed by atoms with E-state index in [0.717, 1.165) is 48.8 Å². The molecule has 0 aromatic heterocycles. The van der Waals surface area contributed by atoms with Gasteiger partial charge >= 0.3 is 6.18 Å². The Hall–Kier alpha value is -3.06. The molecular weight excluding hydrogens is 417 g/mol. The second-order valence-corrected chi connectivity index (χ2v) is 8.17. The van der Waals surface area contributed by atoms with E-state index >= 15 is 0 Å². The molecule has 1 fully saturated rings. The second-order valence-electron chi connectivity index (χ2n) is 8.17. The molecule has 168 valence electrons. The number of carbonyl (C=O) groups is 1. The van der Waals surface area contributed by atoms with E-state index in [0.29, 0.717) is 23.0 Å². The van der Waals surface area contributed by atoms with Gasteiger partial charge in [0.05, 0.1) is 5.56 Å². The number of carbonyl (C=O) groups excluding carboxylic acids is 1. The SMILES string of the molecule is CC(NC(=O)c1ccc2c(Oc3ccc(C(F)(F)F)cc3)cccc2c1)C1CCNCC1. The number of halogens is 3. The lowest BCUT2D eigenvalue weighted by atomic mass is 9.91. The van der Waals surface area contributed by atoms with Crippen LogP contribution >= 0.6 is 0 Å². The fourth-order valence-electron chi connectivity index (χ4n) is 4.08. The molecule has 0 bridgehead atoms. The summed E-state index contributed by atoms with van der Waals surface area (Å²) in [5, 5.41) is 8.03. The molecule has 2 N–H and O–H groups in total. The molecule has 1 aliphatic heterocycles. The predicted octanol–water partition coefficient (Wildman–Crippen LogP) is 5.77. The lowest BCUT2D eigenvalue weighted by Crippen LogP contribution is -2.42. The van der Waals surface area contributed by atoms with E-state index < -0.39 is 11.7 Å². The minimum atomic E-state index is -4.39. The molecule has 0 saturated carbocycles. The van der Waals surface area contributed by atoms with Crippen molar-refractivity contribution < 1.29 is 22.7 Å². The van der Waals surface area contributed by atoms with Gasteiger partial charge in [-0.15, -0.1) is 0 Å². The van der Waals surface area contributed by atoms with Crippen molar-refractivity contribution >= 4 is 16.7 Å². The molecule has 1 heterocycles. The van der Waals surface area contributed by atoms with Gasteiger partial charge in [-0.3, -0.25) is 4.79 Å². The van der Waals surface area contributed by atoms with Crippen molar-refractivity contribution in [1.82, 2.24) is 10.6 Å². The first-order valence-electron chi connectivity index (χ1n) is 10.7. The maximum Gasteiger partial charge on any atom is 0.416 e. The molecule has 1 unspecified atom stereocenters. The highest BCUT2D eigenvalue weighted by molar-refractivity contribution is 6.00. The molecule has 4 rings (SSSR count). The first kappa shape index (κ1) is 22.1. The molecule has 7 heteroatoms. The van der Waals surface area contributed by atoms with E-state index in [4.69, 9.17) is 4.74 Å². The Kier molecular flexibility index (Phi) is 6.37. The molecule has 1 amide bonds. The molecule has 1 atom stereocenters. The molecule has 4 nitrogen and oxygen atoms in total. The molecule has 0 aliphatic carbocycles. The number of amides is 1. The van der Waals surface area contributed by atoms with Gasteiger partial charge in [-0.05, 0) is 92.7 Å². The number of benzene rings is 3. The number of fused-ring (bicyclic) bond motifs is 1. The second kappa shape index (κ2) is 9.20. The summed E-state index contributed by atoms with van der Waals surface area (Å²) < 4.78 is 44.1. The van der Waals surface area contributed by atoms with Crippen molar-refractivity contribution in [3.8, 4) is 11.5 Å². The zero-order valence-electron chi connectivity index (χ0n) is 17.7. The number of alkyl halides is 3. The molecular formula is C25H25F3N2O2. The Bertz CT molecular complexity index is 1090. The van der Waals surface area contributed by atoms with Gasteiger partial charge < -0.3 is 15.4 Å². The third-order valence-electron chi connectivity index (χ3n) is 5.96. The number of ether oxygens (including phenoxy) is 1. The van der Waals surface area contributed by atoms with Gasteiger partial charge in [0.25, 0.3) is 5.91 Å². The van der Waals surface area contributed by atoms with Crippen LogP contribution in [-0.2, 0) is 6.18 Å². The summed E-state index contributed by atoms with van der Waals surface area (Å²) in [4.78, 5) is 12.8. The highest BCUT2D eigenvalue weighted by atomic mass is 19.4. The average molecular weight is 442 g/mol. The van der Waals surface area contributed by atoms with Crippen molar-refractivity contribution in [3.63, 3.8) is 0 Å². The van der Waals surface area contributed by atoms with Gasteiger partial charge in [-0.1, -0.05) is 12.1 Å². The van der Waals surface area contributed by atoms with Gasteiger partial charge in [-0.25, -0.2) is 0 Å². The molecule has 32 heavy (non-hydrogen) atoms. The van der Waals surface area contributed by atoms with Gasteiger partial charge in [-0.2, -0.15) is 13.2 Å². The molecule has 3 aromatic rings. The third kappa shape index (κ3) is 5.05. The monoisotopic (exact) mass is 442 g/mol. The average Bonchev–Trinajstić information content (AvgIpc) is 2.79. The molecule has 1 saturated heterocycles. The van der Waals surface area contributed by atoms with Crippen molar-refractivity contribution in [2.24, 2.45) is 5.92 Å². The number of nitrogens with one attached hydrogen (secondary N) is 2. The largest absolute Gasteiger partial charge is 0.457 e. The van der Waals surface area contributed by atoms with Crippen LogP contribution < -0.4 is 15.4 Å². The van der Waals surface area contributed by atoms with Crippen LogP contribution in [0.5, 0.6) is 11.5 Å². The standard InChI is InChI=1S/C25H25F3N2O2/c1-16(17-11-13-29-14-12-17)30-24(31)19-5-10-22-18(15-19)3-2-4-23(22)32-21-8-6-20(7-9-21)25(26,27)28/h2-10,15-17,29H,11-14H2,1H3,(H,30,31). The van der Waals surface area contributed by atoms with Gasteiger partial charge in [0.2, 0.25) is 0 Å². The molecule has 3 aromatic carbocycles. The fourth-order valence-corrected chi connectivity index (χ4v) is 4.08. The van der Waals surface area contributed by atoms with Crippen LogP contribution in [0.4, 0.5) is 13.2 Å². The number of piperidine rings is 1. The van der Waals surface area contributed by atoms with E-state index in [1.54, 1.807) is 30.3 Å². The Morgan fingerprint density at radius 1 is 1.06 bits per heavy atom. The summed E-state index contributed by atoms with van der Waals surface area (Å²) in [5.41, 5.74) is -0.165. The summed E-state index contributed by atoms with van der Waals surface area (Å²) >= 11 is 0. The van der Waals surface area contributed by atoms with E-state index in [2.05, 4.69) is 10.6 Å². The van der Waals surface area contributed by atoms with E-state index in [9.17, 15) is 18.0 Å². The first-order chi connectivity index (χ1) is 15.3. The minimum Gasteiger partial charge on any atom is -0.457 e. The van der Waals surface area contributed by atoms with E-state index in [1.165, 1.54) is 12.1 Å². The van der Waals surface area contributed by atoms with Crippen LogP contribution in [0.25, 0.3) is 10.8 Å². The third-order valence-corrected chi connectivity index (χ3v) is 5.96. The van der Waals surface area contributed by atoms with Crippen LogP contribution in [0.15, 0.2) is 60.7 Å². The van der Waals surface area contributed by atoms with Crippen molar-refractivity contribution in [3.05, 3.63) is 71.8 Å². The Morgan fingerprint density at radius 3 is 2.47 bits per heavy atom. The van der Waals surface area contributed by atoms with Crippen molar-refractivity contribution in [2.45, 2.75) is 32.0 Å². The van der Waals surface area contributed by atoms with E-state index in [-0.39, 0.29) is 11.9 Å². The number of rotatable bonds is 5. The van der Waals surface area contributed by atoms with Crippen LogP contribution in [0.2, 0.25) is 0 Å². The maximum absolute atomic E-state index is 12.8. The summed E-state index contributed by atoms with van der Waals surface area (Å²) in [6.45, 7) is 4.00. The van der Waals surface area contributed by atoms with Gasteiger partial charge in [0.15, 0.2) is 0 Å². The number of hydrogen-bond donors (Lipinski definition) is 2. The zero-order valence-corrected chi connectivity index (χ0v) is 17.7. The first-order valence-corrected chi connectivity index (χ1v) is 10.7. The summed E-state index contributed by atoms with van der Waals surface area (Å²) in [7, 11) is 0.